The largest absolute Gasteiger partial charge is 0.495 e. The monoisotopic (exact) mass is 487 g/mol. The zero-order valence-corrected chi connectivity index (χ0v) is 20.0. The first kappa shape index (κ1) is 24.8. The van der Waals surface area contributed by atoms with E-state index in [0.717, 1.165) is 54.5 Å². The lowest BCUT2D eigenvalue weighted by atomic mass is 9.98. The molecule has 1 unspecified atom stereocenters. The van der Waals surface area contributed by atoms with Gasteiger partial charge in [-0.2, -0.15) is 5.26 Å². The van der Waals surface area contributed by atoms with Crippen molar-refractivity contribution in [2.45, 2.75) is 19.3 Å². The van der Waals surface area contributed by atoms with Crippen molar-refractivity contribution < 1.29 is 9.84 Å². The van der Waals surface area contributed by atoms with E-state index in [1.807, 2.05) is 36.4 Å². The Morgan fingerprint density at radius 1 is 1.24 bits per heavy atom. The van der Waals surface area contributed by atoms with E-state index in [1.54, 1.807) is 7.11 Å². The van der Waals surface area contributed by atoms with E-state index in [9.17, 15) is 10.4 Å². The zero-order chi connectivity index (χ0) is 22.5. The molecule has 0 spiro atoms. The highest BCUT2D eigenvalue weighted by atomic mass is 35.5. The molecule has 1 aliphatic heterocycles. The molecule has 0 amide bonds. The van der Waals surface area contributed by atoms with E-state index in [-0.39, 0.29) is 24.9 Å². The highest BCUT2D eigenvalue weighted by molar-refractivity contribution is 6.32. The van der Waals surface area contributed by atoms with Crippen molar-refractivity contribution in [2.75, 3.05) is 43.6 Å². The first-order valence-corrected chi connectivity index (χ1v) is 11.1. The third kappa shape index (κ3) is 5.59. The summed E-state index contributed by atoms with van der Waals surface area (Å²) in [5.74, 6) is 2.35. The Kier molecular flexibility index (Phi) is 8.56. The molecule has 1 fully saturated rings. The second-order valence-electron chi connectivity index (χ2n) is 8.03. The Labute approximate surface area is 204 Å². The number of fused-ring (bicyclic) bond motifs is 1. The molecule has 0 bridgehead atoms. The van der Waals surface area contributed by atoms with Crippen molar-refractivity contribution in [1.29, 1.82) is 5.26 Å². The minimum atomic E-state index is 0. The van der Waals surface area contributed by atoms with Gasteiger partial charge in [0, 0.05) is 37.0 Å². The van der Waals surface area contributed by atoms with Gasteiger partial charge in [0.15, 0.2) is 11.6 Å². The van der Waals surface area contributed by atoms with Crippen LogP contribution in [0.5, 0.6) is 5.75 Å². The summed E-state index contributed by atoms with van der Waals surface area (Å²) in [6.45, 7) is 2.45. The van der Waals surface area contributed by atoms with Crippen LogP contribution in [0.2, 0.25) is 5.02 Å². The molecule has 2 heterocycles. The lowest BCUT2D eigenvalue weighted by molar-refractivity contribution is 0.208. The molecule has 9 heteroatoms. The minimum absolute atomic E-state index is 0. The van der Waals surface area contributed by atoms with E-state index >= 15 is 0 Å². The van der Waals surface area contributed by atoms with Gasteiger partial charge in [-0.1, -0.05) is 17.7 Å². The predicted molar refractivity (Wildman–Crippen MR) is 134 cm³/mol. The SMILES string of the molecule is COc1ccc(CCNc2nnc(N3CCCC(CO)C3)c3ccc(C#N)cc23)cc1Cl.Cl. The van der Waals surface area contributed by atoms with Gasteiger partial charge in [-0.25, -0.2) is 0 Å². The number of hydrogen-bond acceptors (Lipinski definition) is 7. The van der Waals surface area contributed by atoms with Crippen LogP contribution >= 0.6 is 24.0 Å². The Balaban J connectivity index is 0.00000306. The van der Waals surface area contributed by atoms with Crippen LogP contribution in [0.3, 0.4) is 0 Å². The molecule has 33 heavy (non-hydrogen) atoms. The molecular weight excluding hydrogens is 461 g/mol. The number of benzene rings is 2. The first-order valence-electron chi connectivity index (χ1n) is 10.8. The van der Waals surface area contributed by atoms with Crippen LogP contribution in [0.15, 0.2) is 36.4 Å². The number of rotatable bonds is 7. The Morgan fingerprint density at radius 3 is 2.82 bits per heavy atom. The standard InChI is InChI=1S/C24H26ClN5O2.ClH/c1-32-22-7-5-16(12-21(22)25)8-9-27-23-20-11-17(13-26)4-6-19(20)24(29-28-23)30-10-2-3-18(14-30)15-31;/h4-7,11-12,18,31H,2-3,8-10,14-15H2,1H3,(H,27,28);1H. The maximum absolute atomic E-state index is 9.59. The van der Waals surface area contributed by atoms with Crippen molar-refractivity contribution >= 4 is 46.4 Å². The zero-order valence-electron chi connectivity index (χ0n) is 18.4. The number of anilines is 2. The summed E-state index contributed by atoms with van der Waals surface area (Å²) >= 11 is 6.23. The average Bonchev–Trinajstić information content (AvgIpc) is 2.84. The van der Waals surface area contributed by atoms with Crippen LogP contribution < -0.4 is 15.0 Å². The van der Waals surface area contributed by atoms with Gasteiger partial charge in [0.05, 0.1) is 23.8 Å². The lowest BCUT2D eigenvalue weighted by Gasteiger charge is -2.33. The number of ether oxygens (including phenoxy) is 1. The van der Waals surface area contributed by atoms with Crippen molar-refractivity contribution in [3.63, 3.8) is 0 Å². The molecule has 0 radical (unpaired) electrons. The number of aliphatic hydroxyl groups is 1. The molecule has 0 saturated carbocycles. The van der Waals surface area contributed by atoms with Gasteiger partial charge in [0.25, 0.3) is 0 Å². The second-order valence-corrected chi connectivity index (χ2v) is 8.43. The maximum Gasteiger partial charge on any atom is 0.159 e. The lowest BCUT2D eigenvalue weighted by Crippen LogP contribution is -2.37. The maximum atomic E-state index is 9.59. The number of nitrogens with zero attached hydrogens (tertiary/aromatic N) is 4. The van der Waals surface area contributed by atoms with Crippen molar-refractivity contribution in [1.82, 2.24) is 10.2 Å². The summed E-state index contributed by atoms with van der Waals surface area (Å²) in [7, 11) is 1.60. The molecule has 7 nitrogen and oxygen atoms in total. The van der Waals surface area contributed by atoms with Gasteiger partial charge in [-0.15, -0.1) is 22.6 Å². The van der Waals surface area contributed by atoms with Gasteiger partial charge >= 0.3 is 0 Å². The molecule has 174 valence electrons. The van der Waals surface area contributed by atoms with E-state index < -0.39 is 0 Å². The van der Waals surface area contributed by atoms with Crippen LogP contribution in [0.4, 0.5) is 11.6 Å². The molecule has 1 aliphatic rings. The molecule has 2 aromatic carbocycles. The Morgan fingerprint density at radius 2 is 2.09 bits per heavy atom. The van der Waals surface area contributed by atoms with Crippen LogP contribution in [0, 0.1) is 17.2 Å². The molecule has 4 rings (SSSR count). The summed E-state index contributed by atoms with van der Waals surface area (Å²) in [6, 6.07) is 13.6. The fourth-order valence-corrected chi connectivity index (χ4v) is 4.45. The van der Waals surface area contributed by atoms with E-state index in [4.69, 9.17) is 16.3 Å². The third-order valence-corrected chi connectivity index (χ3v) is 6.18. The minimum Gasteiger partial charge on any atom is -0.495 e. The highest BCUT2D eigenvalue weighted by Crippen LogP contribution is 2.32. The van der Waals surface area contributed by atoms with Crippen molar-refractivity contribution in [3.8, 4) is 11.8 Å². The first-order chi connectivity index (χ1) is 15.6. The van der Waals surface area contributed by atoms with Crippen LogP contribution in [-0.2, 0) is 6.42 Å². The summed E-state index contributed by atoms with van der Waals surface area (Å²) in [4.78, 5) is 2.19. The molecule has 1 aromatic heterocycles. The van der Waals surface area contributed by atoms with E-state index in [0.29, 0.717) is 28.7 Å². The number of nitrogens with one attached hydrogen (secondary N) is 1. The number of aromatic nitrogens is 2. The van der Waals surface area contributed by atoms with Crippen LogP contribution in [0.1, 0.15) is 24.0 Å². The van der Waals surface area contributed by atoms with Crippen molar-refractivity contribution in [2.24, 2.45) is 5.92 Å². The molecular formula is C24H27Cl2N5O2. The third-order valence-electron chi connectivity index (χ3n) is 5.89. The van der Waals surface area contributed by atoms with Gasteiger partial charge in [-0.05, 0) is 61.1 Å². The smallest absolute Gasteiger partial charge is 0.159 e. The Hall–Kier alpha value is -2.79. The summed E-state index contributed by atoms with van der Waals surface area (Å²) < 4.78 is 5.21. The van der Waals surface area contributed by atoms with Gasteiger partial charge in [-0.3, -0.25) is 0 Å². The molecule has 1 saturated heterocycles. The van der Waals surface area contributed by atoms with Gasteiger partial charge in [0.2, 0.25) is 0 Å². The van der Waals surface area contributed by atoms with Crippen LogP contribution in [-0.4, -0.2) is 48.7 Å². The predicted octanol–water partition coefficient (Wildman–Crippen LogP) is 4.45. The summed E-state index contributed by atoms with van der Waals surface area (Å²) in [6.07, 6.45) is 2.78. The number of halogens is 2. The van der Waals surface area contributed by atoms with E-state index in [2.05, 4.69) is 26.5 Å². The normalized spacial score (nSPS) is 15.6. The number of hydrogen-bond donors (Lipinski definition) is 2. The highest BCUT2D eigenvalue weighted by Gasteiger charge is 2.23. The summed E-state index contributed by atoms with van der Waals surface area (Å²) in [5, 5.41) is 33.8. The van der Waals surface area contributed by atoms with Crippen molar-refractivity contribution in [3.05, 3.63) is 52.5 Å². The fourth-order valence-electron chi connectivity index (χ4n) is 4.17. The molecule has 1 atom stereocenters. The van der Waals surface area contributed by atoms with Gasteiger partial charge in [0.1, 0.15) is 5.75 Å². The number of piperidine rings is 1. The van der Waals surface area contributed by atoms with E-state index in [1.165, 1.54) is 0 Å². The topological polar surface area (TPSA) is 94.3 Å². The Bertz CT molecular complexity index is 1150. The fraction of sp³-hybridized carbons (Fsp3) is 0.375. The molecule has 3 aromatic rings. The van der Waals surface area contributed by atoms with Gasteiger partial charge < -0.3 is 20.1 Å². The number of methoxy groups -OCH3 is 1. The summed E-state index contributed by atoms with van der Waals surface area (Å²) in [5.41, 5.74) is 1.66. The molecule has 2 N–H and O–H groups in total. The average molecular weight is 488 g/mol. The second kappa shape index (κ2) is 11.4. The number of nitriles is 1. The number of aliphatic hydroxyl groups excluding tert-OH is 1. The van der Waals surface area contributed by atoms with Crippen LogP contribution in [0.25, 0.3) is 10.8 Å². The molecule has 0 aliphatic carbocycles. The quantitative estimate of drug-likeness (QED) is 0.508.